The van der Waals surface area contributed by atoms with Crippen molar-refractivity contribution in [2.45, 2.75) is 11.4 Å². The van der Waals surface area contributed by atoms with Crippen molar-refractivity contribution in [1.82, 2.24) is 4.57 Å². The smallest absolute Gasteiger partial charge is 0.352 e. The first-order chi connectivity index (χ1) is 16.9. The number of nitrogens with zero attached hydrogens (tertiary/aromatic N) is 1. The van der Waals surface area contributed by atoms with Gasteiger partial charge in [-0.05, 0) is 53.1 Å². The Labute approximate surface area is 203 Å². The maximum atomic E-state index is 12.9. The fourth-order valence-electron chi connectivity index (χ4n) is 4.09. The number of carboxylic acid groups (broad SMARTS) is 1. The molecule has 5 aromatic rings. The van der Waals surface area contributed by atoms with Gasteiger partial charge < -0.3 is 9.67 Å². The van der Waals surface area contributed by atoms with E-state index in [9.17, 15) is 18.3 Å². The lowest BCUT2D eigenvalue weighted by Crippen LogP contribution is -2.13. The highest BCUT2D eigenvalue weighted by Gasteiger charge is 2.16. The fourth-order valence-corrected chi connectivity index (χ4v) is 5.15. The Bertz CT molecular complexity index is 1610. The summed E-state index contributed by atoms with van der Waals surface area (Å²) in [6.07, 6.45) is 0. The molecule has 0 unspecified atom stereocenters. The highest BCUT2D eigenvalue weighted by molar-refractivity contribution is 7.92. The Kier molecular flexibility index (Phi) is 5.84. The van der Waals surface area contributed by atoms with E-state index < -0.39 is 16.0 Å². The highest BCUT2D eigenvalue weighted by Crippen LogP contribution is 2.24. The number of anilines is 1. The van der Waals surface area contributed by atoms with E-state index in [-0.39, 0.29) is 10.6 Å². The number of carbonyl (C=O) groups is 1. The summed E-state index contributed by atoms with van der Waals surface area (Å²) in [6.45, 7) is 0.350. The zero-order valence-corrected chi connectivity index (χ0v) is 19.4. The molecule has 5 rings (SSSR count). The lowest BCUT2D eigenvalue weighted by atomic mass is 10.1. The average Bonchev–Trinajstić information content (AvgIpc) is 3.24. The molecule has 0 saturated carbocycles. The summed E-state index contributed by atoms with van der Waals surface area (Å²) >= 11 is 0. The molecule has 174 valence electrons. The first-order valence-electron chi connectivity index (χ1n) is 11.0. The van der Waals surface area contributed by atoms with Crippen LogP contribution >= 0.6 is 0 Å². The molecule has 0 radical (unpaired) electrons. The lowest BCUT2D eigenvalue weighted by molar-refractivity contribution is 0.0686. The lowest BCUT2D eigenvalue weighted by Gasteiger charge is -2.11. The molecule has 0 fully saturated rings. The highest BCUT2D eigenvalue weighted by atomic mass is 32.2. The summed E-state index contributed by atoms with van der Waals surface area (Å²) < 4.78 is 30.1. The molecule has 0 bridgehead atoms. The van der Waals surface area contributed by atoms with Gasteiger partial charge in [0, 0.05) is 23.1 Å². The number of benzene rings is 4. The first-order valence-corrected chi connectivity index (χ1v) is 12.5. The van der Waals surface area contributed by atoms with E-state index >= 15 is 0 Å². The summed E-state index contributed by atoms with van der Waals surface area (Å²) in [7, 11) is -3.75. The van der Waals surface area contributed by atoms with E-state index in [1.165, 1.54) is 0 Å². The molecular weight excluding hydrogens is 460 g/mol. The van der Waals surface area contributed by atoms with Crippen molar-refractivity contribution >= 4 is 32.6 Å². The minimum Gasteiger partial charge on any atom is -0.477 e. The predicted molar refractivity (Wildman–Crippen MR) is 137 cm³/mol. The van der Waals surface area contributed by atoms with Crippen LogP contribution in [-0.4, -0.2) is 24.1 Å². The van der Waals surface area contributed by atoms with Crippen LogP contribution in [0, 0.1) is 0 Å². The van der Waals surface area contributed by atoms with Crippen LogP contribution in [0.15, 0.2) is 114 Å². The molecule has 4 aromatic carbocycles. The van der Waals surface area contributed by atoms with Gasteiger partial charge in [-0.15, -0.1) is 0 Å². The third-order valence-electron chi connectivity index (χ3n) is 5.85. The number of rotatable bonds is 7. The monoisotopic (exact) mass is 482 g/mol. The molecular formula is C28H22N2O4S. The first kappa shape index (κ1) is 22.4. The predicted octanol–water partition coefficient (Wildman–Crippen LogP) is 5.86. The van der Waals surface area contributed by atoms with Crippen molar-refractivity contribution in [3.8, 4) is 11.1 Å². The van der Waals surface area contributed by atoms with Crippen LogP contribution in [0.1, 0.15) is 16.1 Å². The van der Waals surface area contributed by atoms with Crippen LogP contribution in [0.5, 0.6) is 0 Å². The van der Waals surface area contributed by atoms with E-state index in [1.807, 2.05) is 54.6 Å². The molecule has 1 aromatic heterocycles. The Hall–Kier alpha value is -4.36. The topological polar surface area (TPSA) is 88.4 Å². The molecule has 35 heavy (non-hydrogen) atoms. The van der Waals surface area contributed by atoms with Gasteiger partial charge >= 0.3 is 5.97 Å². The van der Waals surface area contributed by atoms with Crippen molar-refractivity contribution in [3.05, 3.63) is 120 Å². The van der Waals surface area contributed by atoms with E-state index in [1.54, 1.807) is 59.2 Å². The number of carboxylic acids is 1. The van der Waals surface area contributed by atoms with Crippen molar-refractivity contribution < 1.29 is 18.3 Å². The van der Waals surface area contributed by atoms with Crippen LogP contribution < -0.4 is 4.72 Å². The molecule has 0 saturated heterocycles. The van der Waals surface area contributed by atoms with Gasteiger partial charge in [0.1, 0.15) is 5.69 Å². The maximum Gasteiger partial charge on any atom is 0.352 e. The SMILES string of the molecule is O=C(O)c1cc2ccccc2n1Cc1ccc(NS(=O)(=O)c2ccc(-c3ccccc3)cc2)cc1. The van der Waals surface area contributed by atoms with Gasteiger partial charge in [-0.3, -0.25) is 4.72 Å². The van der Waals surface area contributed by atoms with Crippen molar-refractivity contribution in [1.29, 1.82) is 0 Å². The zero-order chi connectivity index (χ0) is 24.4. The standard InChI is InChI=1S/C28H22N2O4S/c31-28(32)27-18-23-8-4-5-9-26(23)30(27)19-20-10-14-24(15-11-20)29-35(33,34)25-16-12-22(13-17-25)21-6-2-1-3-7-21/h1-18,29H,19H2,(H,31,32). The number of para-hydroxylation sites is 1. The number of hydrogen-bond acceptors (Lipinski definition) is 3. The molecule has 1 heterocycles. The van der Waals surface area contributed by atoms with Crippen LogP contribution in [0.3, 0.4) is 0 Å². The van der Waals surface area contributed by atoms with E-state index in [0.29, 0.717) is 12.2 Å². The number of aromatic nitrogens is 1. The molecule has 0 atom stereocenters. The quantitative estimate of drug-likeness (QED) is 0.304. The molecule has 0 aliphatic carbocycles. The van der Waals surface area contributed by atoms with Gasteiger partial charge in [0.05, 0.1) is 4.90 Å². The van der Waals surface area contributed by atoms with Gasteiger partial charge in [-0.1, -0.05) is 72.8 Å². The maximum absolute atomic E-state index is 12.9. The van der Waals surface area contributed by atoms with Crippen LogP contribution in [0.2, 0.25) is 0 Å². The third-order valence-corrected chi connectivity index (χ3v) is 7.25. The van der Waals surface area contributed by atoms with Crippen LogP contribution in [0.25, 0.3) is 22.0 Å². The normalized spacial score (nSPS) is 11.4. The van der Waals surface area contributed by atoms with E-state index in [2.05, 4.69) is 4.72 Å². The number of aromatic carboxylic acids is 1. The largest absolute Gasteiger partial charge is 0.477 e. The molecule has 7 heteroatoms. The second kappa shape index (κ2) is 9.12. The summed E-state index contributed by atoms with van der Waals surface area (Å²) in [6, 6.07) is 32.6. The second-order valence-electron chi connectivity index (χ2n) is 8.17. The minimum absolute atomic E-state index is 0.172. The third kappa shape index (κ3) is 4.67. The summed E-state index contributed by atoms with van der Waals surface area (Å²) in [4.78, 5) is 11.9. The summed E-state index contributed by atoms with van der Waals surface area (Å²) in [5.41, 5.74) is 4.26. The molecule has 0 amide bonds. The van der Waals surface area contributed by atoms with Gasteiger partial charge in [-0.25, -0.2) is 13.2 Å². The Morgan fingerprint density at radius 2 is 1.40 bits per heavy atom. The molecule has 0 aliphatic rings. The number of hydrogen-bond donors (Lipinski definition) is 2. The van der Waals surface area contributed by atoms with Gasteiger partial charge in [0.25, 0.3) is 10.0 Å². The van der Waals surface area contributed by atoms with Crippen molar-refractivity contribution in [2.75, 3.05) is 4.72 Å². The van der Waals surface area contributed by atoms with Gasteiger partial charge in [0.15, 0.2) is 0 Å². The van der Waals surface area contributed by atoms with Crippen molar-refractivity contribution in [2.24, 2.45) is 0 Å². The Morgan fingerprint density at radius 3 is 2.09 bits per heavy atom. The van der Waals surface area contributed by atoms with E-state index in [0.717, 1.165) is 27.6 Å². The van der Waals surface area contributed by atoms with Crippen molar-refractivity contribution in [3.63, 3.8) is 0 Å². The minimum atomic E-state index is -3.75. The Balaban J connectivity index is 1.34. The molecule has 0 aliphatic heterocycles. The number of nitrogens with one attached hydrogen (secondary N) is 1. The molecule has 6 nitrogen and oxygen atoms in total. The second-order valence-corrected chi connectivity index (χ2v) is 9.85. The van der Waals surface area contributed by atoms with Crippen LogP contribution in [0.4, 0.5) is 5.69 Å². The summed E-state index contributed by atoms with van der Waals surface area (Å²) in [5.74, 6) is -0.996. The fraction of sp³-hybridized carbons (Fsp3) is 0.0357. The Morgan fingerprint density at radius 1 is 0.771 bits per heavy atom. The van der Waals surface area contributed by atoms with Gasteiger partial charge in [0.2, 0.25) is 0 Å². The van der Waals surface area contributed by atoms with Crippen LogP contribution in [-0.2, 0) is 16.6 Å². The average molecular weight is 483 g/mol. The molecule has 0 spiro atoms. The molecule has 2 N–H and O–H groups in total. The summed E-state index contributed by atoms with van der Waals surface area (Å²) in [5, 5.41) is 10.5. The van der Waals surface area contributed by atoms with E-state index in [4.69, 9.17) is 0 Å². The zero-order valence-electron chi connectivity index (χ0n) is 18.6. The van der Waals surface area contributed by atoms with Gasteiger partial charge in [-0.2, -0.15) is 0 Å². The number of fused-ring (bicyclic) bond motifs is 1. The number of sulfonamides is 1.